The van der Waals surface area contributed by atoms with Crippen molar-refractivity contribution >= 4 is 39.9 Å². The van der Waals surface area contributed by atoms with E-state index in [1.807, 2.05) is 6.92 Å². The zero-order chi connectivity index (χ0) is 24.9. The van der Waals surface area contributed by atoms with Gasteiger partial charge in [0.05, 0.1) is 24.3 Å². The minimum absolute atomic E-state index is 0.0157. The Hall–Kier alpha value is -4.05. The first-order valence-electron chi connectivity index (χ1n) is 10.9. The van der Waals surface area contributed by atoms with Gasteiger partial charge in [-0.15, -0.1) is 10.2 Å². The number of ketones is 1. The second kappa shape index (κ2) is 8.62. The van der Waals surface area contributed by atoms with Gasteiger partial charge in [0.2, 0.25) is 5.13 Å². The number of nitrogens with zero attached hydrogens (tertiary/aromatic N) is 3. The molecule has 0 aliphatic carbocycles. The lowest BCUT2D eigenvalue weighted by molar-refractivity contribution is -0.132. The first kappa shape index (κ1) is 22.7. The minimum Gasteiger partial charge on any atom is -0.507 e. The largest absolute Gasteiger partial charge is 0.507 e. The number of anilines is 1. The van der Waals surface area contributed by atoms with Crippen molar-refractivity contribution in [2.24, 2.45) is 0 Å². The SMILES string of the molecule is COC(=O)c1ccc([C@H]2/C(=C(\O)c3ccc4c(c3)C[C@@H](C)O4)C(=O)C(=O)N2c2nnc(C)s2)cc1. The smallest absolute Gasteiger partial charge is 0.337 e. The number of aryl methyl sites for hydroxylation is 1. The molecular weight excluding hydrogens is 470 g/mol. The maximum absolute atomic E-state index is 13.3. The van der Waals surface area contributed by atoms with Crippen LogP contribution < -0.4 is 9.64 Å². The van der Waals surface area contributed by atoms with E-state index in [4.69, 9.17) is 9.47 Å². The monoisotopic (exact) mass is 491 g/mol. The van der Waals surface area contributed by atoms with E-state index >= 15 is 0 Å². The van der Waals surface area contributed by atoms with E-state index in [1.165, 1.54) is 12.0 Å². The van der Waals surface area contributed by atoms with Crippen molar-refractivity contribution in [1.29, 1.82) is 0 Å². The highest BCUT2D eigenvalue weighted by atomic mass is 32.1. The molecule has 0 bridgehead atoms. The number of carbonyl (C=O) groups is 3. The Morgan fingerprint density at radius 2 is 1.86 bits per heavy atom. The van der Waals surface area contributed by atoms with Crippen LogP contribution in [0.3, 0.4) is 0 Å². The molecule has 0 spiro atoms. The molecule has 0 unspecified atom stereocenters. The lowest BCUT2D eigenvalue weighted by Gasteiger charge is -2.22. The minimum atomic E-state index is -0.961. The number of amides is 1. The third kappa shape index (κ3) is 3.85. The van der Waals surface area contributed by atoms with Gasteiger partial charge in [-0.25, -0.2) is 4.79 Å². The Morgan fingerprint density at radius 3 is 2.51 bits per heavy atom. The fourth-order valence-electron chi connectivity index (χ4n) is 4.37. The number of methoxy groups -OCH3 is 1. The summed E-state index contributed by atoms with van der Waals surface area (Å²) in [5.41, 5.74) is 2.08. The highest BCUT2D eigenvalue weighted by Crippen LogP contribution is 2.43. The average molecular weight is 492 g/mol. The van der Waals surface area contributed by atoms with Crippen LogP contribution in [0.4, 0.5) is 5.13 Å². The fourth-order valence-corrected chi connectivity index (χ4v) is 5.09. The molecule has 2 aromatic carbocycles. The number of fused-ring (bicyclic) bond motifs is 1. The summed E-state index contributed by atoms with van der Waals surface area (Å²) in [6.07, 6.45) is 0.690. The number of ether oxygens (including phenoxy) is 2. The second-order valence-electron chi connectivity index (χ2n) is 8.34. The molecule has 3 aromatic rings. The molecule has 3 heterocycles. The standard InChI is InChI=1S/C25H21N3O6S/c1-12-10-17-11-16(8-9-18(17)34-12)21(29)19-20(14-4-6-15(7-5-14)24(32)33-3)28(23(31)22(19)30)25-27-26-13(2)35-25/h4-9,11-12,20,29H,10H2,1-3H3/b21-19+/t12-,20+/m1/s1. The Labute approximate surface area is 204 Å². The van der Waals surface area contributed by atoms with Gasteiger partial charge in [-0.05, 0) is 55.3 Å². The van der Waals surface area contributed by atoms with Gasteiger partial charge < -0.3 is 14.6 Å². The summed E-state index contributed by atoms with van der Waals surface area (Å²) >= 11 is 1.16. The average Bonchev–Trinajstić information content (AvgIpc) is 3.52. The van der Waals surface area contributed by atoms with Gasteiger partial charge in [0.15, 0.2) is 0 Å². The van der Waals surface area contributed by atoms with E-state index < -0.39 is 23.7 Å². The summed E-state index contributed by atoms with van der Waals surface area (Å²) in [4.78, 5) is 39.6. The molecule has 2 aliphatic rings. The Morgan fingerprint density at radius 1 is 1.14 bits per heavy atom. The van der Waals surface area contributed by atoms with Crippen molar-refractivity contribution < 1.29 is 29.0 Å². The van der Waals surface area contributed by atoms with Crippen LogP contribution in [0.2, 0.25) is 0 Å². The number of esters is 1. The van der Waals surface area contributed by atoms with Gasteiger partial charge in [0.25, 0.3) is 5.78 Å². The van der Waals surface area contributed by atoms with Crippen LogP contribution in [0.15, 0.2) is 48.0 Å². The topological polar surface area (TPSA) is 119 Å². The molecule has 178 valence electrons. The van der Waals surface area contributed by atoms with E-state index in [1.54, 1.807) is 49.4 Å². The van der Waals surface area contributed by atoms with Gasteiger partial charge in [-0.3, -0.25) is 14.5 Å². The zero-order valence-corrected chi connectivity index (χ0v) is 20.0. The maximum Gasteiger partial charge on any atom is 0.337 e. The van der Waals surface area contributed by atoms with Crippen LogP contribution in [-0.2, 0) is 20.7 Å². The van der Waals surface area contributed by atoms with Gasteiger partial charge in [-0.1, -0.05) is 23.5 Å². The number of benzene rings is 2. The van der Waals surface area contributed by atoms with E-state index in [2.05, 4.69) is 10.2 Å². The predicted octanol–water partition coefficient (Wildman–Crippen LogP) is 3.58. The highest BCUT2D eigenvalue weighted by molar-refractivity contribution is 7.15. The molecule has 1 aromatic heterocycles. The lowest BCUT2D eigenvalue weighted by Crippen LogP contribution is -2.29. The van der Waals surface area contributed by atoms with Crippen molar-refractivity contribution in [3.8, 4) is 5.75 Å². The third-order valence-corrected chi connectivity index (χ3v) is 6.82. The molecule has 10 heteroatoms. The predicted molar refractivity (Wildman–Crippen MR) is 127 cm³/mol. The number of aromatic nitrogens is 2. The molecule has 1 fully saturated rings. The molecule has 2 atom stereocenters. The van der Waals surface area contributed by atoms with E-state index in [0.29, 0.717) is 28.1 Å². The van der Waals surface area contributed by atoms with Crippen LogP contribution in [-0.4, -0.2) is 46.2 Å². The highest BCUT2D eigenvalue weighted by Gasteiger charge is 2.48. The number of carbonyl (C=O) groups excluding carboxylic acids is 3. The normalized spacial score (nSPS) is 20.6. The molecule has 1 saturated heterocycles. The molecule has 0 saturated carbocycles. The van der Waals surface area contributed by atoms with E-state index in [9.17, 15) is 19.5 Å². The Balaban J connectivity index is 1.66. The van der Waals surface area contributed by atoms with Gasteiger partial charge in [0, 0.05) is 12.0 Å². The van der Waals surface area contributed by atoms with Gasteiger partial charge in [0.1, 0.15) is 22.6 Å². The third-order valence-electron chi connectivity index (χ3n) is 5.98. The molecule has 9 nitrogen and oxygen atoms in total. The summed E-state index contributed by atoms with van der Waals surface area (Å²) in [6.45, 7) is 3.69. The first-order chi connectivity index (χ1) is 16.8. The molecule has 2 aliphatic heterocycles. The Bertz CT molecular complexity index is 1390. The first-order valence-corrected chi connectivity index (χ1v) is 11.7. The van der Waals surface area contributed by atoms with E-state index in [0.717, 1.165) is 22.6 Å². The number of hydrogen-bond acceptors (Lipinski definition) is 9. The van der Waals surface area contributed by atoms with Crippen LogP contribution >= 0.6 is 11.3 Å². The van der Waals surface area contributed by atoms with Gasteiger partial charge in [-0.2, -0.15) is 0 Å². The van der Waals surface area contributed by atoms with Crippen LogP contribution in [0.1, 0.15) is 45.0 Å². The van der Waals surface area contributed by atoms with Crippen molar-refractivity contribution in [2.75, 3.05) is 12.0 Å². The molecular formula is C25H21N3O6S. The fraction of sp³-hybridized carbons (Fsp3) is 0.240. The summed E-state index contributed by atoms with van der Waals surface area (Å²) in [6, 6.07) is 10.5. The number of Topliss-reactive ketones (excluding diaryl/α,β-unsaturated/α-hetero) is 1. The Kier molecular flexibility index (Phi) is 5.60. The van der Waals surface area contributed by atoms with Crippen molar-refractivity contribution in [1.82, 2.24) is 10.2 Å². The number of rotatable bonds is 4. The number of hydrogen-bond donors (Lipinski definition) is 1. The maximum atomic E-state index is 13.3. The van der Waals surface area contributed by atoms with Crippen LogP contribution in [0.25, 0.3) is 5.76 Å². The second-order valence-corrected chi connectivity index (χ2v) is 9.50. The molecule has 1 N–H and O–H groups in total. The summed E-state index contributed by atoms with van der Waals surface area (Å²) in [5.74, 6) is -1.73. The van der Waals surface area contributed by atoms with E-state index in [-0.39, 0.29) is 22.6 Å². The zero-order valence-electron chi connectivity index (χ0n) is 19.1. The van der Waals surface area contributed by atoms with Crippen molar-refractivity contribution in [3.63, 3.8) is 0 Å². The lowest BCUT2D eigenvalue weighted by atomic mass is 9.94. The molecule has 35 heavy (non-hydrogen) atoms. The number of aliphatic hydroxyl groups excluding tert-OH is 1. The van der Waals surface area contributed by atoms with Crippen molar-refractivity contribution in [3.05, 3.63) is 75.3 Å². The summed E-state index contributed by atoms with van der Waals surface area (Å²) in [7, 11) is 1.28. The molecule has 1 amide bonds. The summed E-state index contributed by atoms with van der Waals surface area (Å²) < 4.78 is 10.5. The van der Waals surface area contributed by atoms with Crippen LogP contribution in [0, 0.1) is 6.92 Å². The number of aliphatic hydroxyl groups is 1. The molecule has 5 rings (SSSR count). The van der Waals surface area contributed by atoms with Crippen LogP contribution in [0.5, 0.6) is 5.75 Å². The van der Waals surface area contributed by atoms with Gasteiger partial charge >= 0.3 is 11.9 Å². The molecule has 0 radical (unpaired) electrons. The quantitative estimate of drug-likeness (QED) is 0.255. The summed E-state index contributed by atoms with van der Waals surface area (Å²) in [5, 5.41) is 20.2. The van der Waals surface area contributed by atoms with Crippen molar-refractivity contribution in [2.45, 2.75) is 32.4 Å².